The van der Waals surface area contributed by atoms with Crippen LogP contribution in [0.25, 0.3) is 16.0 Å². The van der Waals surface area contributed by atoms with Crippen molar-refractivity contribution in [2.75, 3.05) is 18.0 Å². The van der Waals surface area contributed by atoms with Crippen molar-refractivity contribution < 1.29 is 4.79 Å². The van der Waals surface area contributed by atoms with E-state index in [1.165, 1.54) is 16.9 Å². The zero-order valence-electron chi connectivity index (χ0n) is 17.3. The third-order valence-corrected chi connectivity index (χ3v) is 7.97. The first kappa shape index (κ1) is 20.5. The van der Waals surface area contributed by atoms with Crippen LogP contribution in [0.2, 0.25) is 4.34 Å². The Hall–Kier alpha value is -2.42. The van der Waals surface area contributed by atoms with Crippen molar-refractivity contribution in [3.63, 3.8) is 0 Å². The molecule has 0 saturated carbocycles. The van der Waals surface area contributed by atoms with Gasteiger partial charge in [-0.3, -0.25) is 4.79 Å². The number of rotatable bonds is 4. The number of piperidine rings is 1. The van der Waals surface area contributed by atoms with Crippen molar-refractivity contribution >= 4 is 55.7 Å². The number of aromatic nitrogens is 3. The lowest BCUT2D eigenvalue weighted by Crippen LogP contribution is -2.44. The number of hydrogen-bond acceptors (Lipinski definition) is 6. The van der Waals surface area contributed by atoms with Gasteiger partial charge in [0.15, 0.2) is 10.8 Å². The molecule has 4 heterocycles. The normalized spacial score (nSPS) is 15.0. The lowest BCUT2D eigenvalue weighted by atomic mass is 10.1. The van der Waals surface area contributed by atoms with E-state index in [0.717, 1.165) is 52.8 Å². The second-order valence-corrected chi connectivity index (χ2v) is 10.5. The van der Waals surface area contributed by atoms with Gasteiger partial charge in [-0.15, -0.1) is 11.3 Å². The molecular formula is C22H22ClN5OS2. The number of hydrogen-bond donors (Lipinski definition) is 1. The van der Waals surface area contributed by atoms with Crippen LogP contribution in [0.5, 0.6) is 0 Å². The Morgan fingerprint density at radius 3 is 2.68 bits per heavy atom. The average molecular weight is 472 g/mol. The number of anilines is 1. The van der Waals surface area contributed by atoms with Crippen LogP contribution in [0.4, 0.5) is 5.13 Å². The Kier molecular flexibility index (Phi) is 5.45. The van der Waals surface area contributed by atoms with Gasteiger partial charge in [-0.1, -0.05) is 35.1 Å². The van der Waals surface area contributed by atoms with Crippen molar-refractivity contribution in [1.29, 1.82) is 0 Å². The van der Waals surface area contributed by atoms with Crippen LogP contribution >= 0.6 is 34.3 Å². The molecule has 3 aromatic heterocycles. The molecule has 1 aromatic carbocycles. The van der Waals surface area contributed by atoms with Crippen LogP contribution < -0.4 is 10.2 Å². The van der Waals surface area contributed by atoms with Crippen molar-refractivity contribution in [2.45, 2.75) is 32.7 Å². The molecule has 0 spiro atoms. The van der Waals surface area contributed by atoms with E-state index in [1.807, 2.05) is 17.7 Å². The molecule has 31 heavy (non-hydrogen) atoms. The number of carbonyl (C=O) groups excluding carboxylic acids is 1. The highest BCUT2D eigenvalue weighted by molar-refractivity contribution is 7.22. The van der Waals surface area contributed by atoms with E-state index in [1.54, 1.807) is 23.5 Å². The molecule has 0 atom stereocenters. The number of thiazole rings is 1. The second kappa shape index (κ2) is 8.26. The fraction of sp³-hybridized carbons (Fsp3) is 0.318. The standard InChI is InChI=1S/C22H22ClN5OS2/c1-13-4-3-5-16(12-13)28-20-19(14(2)26-28)31-22(25-20)27-10-8-15(9-11-27)24-21(29)17-6-7-18(23)30-17/h3-7,12,15H,8-11H2,1-2H3,(H,24,29). The Morgan fingerprint density at radius 2 is 1.97 bits per heavy atom. The first-order valence-corrected chi connectivity index (χ1v) is 12.2. The Labute approximate surface area is 193 Å². The maximum Gasteiger partial charge on any atom is 0.261 e. The van der Waals surface area contributed by atoms with Crippen LogP contribution in [0.3, 0.4) is 0 Å². The van der Waals surface area contributed by atoms with Gasteiger partial charge in [-0.25, -0.2) is 4.68 Å². The van der Waals surface area contributed by atoms with Gasteiger partial charge in [0, 0.05) is 19.1 Å². The van der Waals surface area contributed by atoms with Gasteiger partial charge < -0.3 is 10.2 Å². The summed E-state index contributed by atoms with van der Waals surface area (Å²) in [5, 5.41) is 8.88. The number of aryl methyl sites for hydroxylation is 2. The molecule has 160 valence electrons. The third kappa shape index (κ3) is 4.07. The Balaban J connectivity index is 1.30. The minimum atomic E-state index is -0.0378. The molecule has 6 nitrogen and oxygen atoms in total. The van der Waals surface area contributed by atoms with Gasteiger partial charge in [0.25, 0.3) is 5.91 Å². The number of nitrogens with zero attached hydrogens (tertiary/aromatic N) is 4. The zero-order chi connectivity index (χ0) is 21.5. The molecule has 0 bridgehead atoms. The highest BCUT2D eigenvalue weighted by Gasteiger charge is 2.25. The fourth-order valence-corrected chi connectivity index (χ4v) is 5.89. The monoisotopic (exact) mass is 471 g/mol. The van der Waals surface area contributed by atoms with E-state index >= 15 is 0 Å². The summed E-state index contributed by atoms with van der Waals surface area (Å²) in [6, 6.07) is 12.0. The molecule has 1 aliphatic rings. The van der Waals surface area contributed by atoms with E-state index < -0.39 is 0 Å². The van der Waals surface area contributed by atoms with Crippen LogP contribution in [0, 0.1) is 13.8 Å². The van der Waals surface area contributed by atoms with E-state index in [0.29, 0.717) is 9.21 Å². The molecule has 0 aliphatic carbocycles. The number of fused-ring (bicyclic) bond motifs is 1. The molecular weight excluding hydrogens is 450 g/mol. The Bertz CT molecular complexity index is 1250. The summed E-state index contributed by atoms with van der Waals surface area (Å²) >= 11 is 8.96. The fourth-order valence-electron chi connectivity index (χ4n) is 3.91. The predicted molar refractivity (Wildman–Crippen MR) is 128 cm³/mol. The van der Waals surface area contributed by atoms with Gasteiger partial charge in [0.05, 0.1) is 25.3 Å². The van der Waals surface area contributed by atoms with Crippen LogP contribution in [0.1, 0.15) is 33.8 Å². The Morgan fingerprint density at radius 1 is 1.16 bits per heavy atom. The van der Waals surface area contributed by atoms with E-state index in [4.69, 9.17) is 21.7 Å². The molecule has 9 heteroatoms. The molecule has 4 aromatic rings. The highest BCUT2D eigenvalue weighted by Crippen LogP contribution is 2.34. The van der Waals surface area contributed by atoms with Gasteiger partial charge in [0.1, 0.15) is 0 Å². The first-order chi connectivity index (χ1) is 15.0. The number of carbonyl (C=O) groups is 1. The van der Waals surface area contributed by atoms with E-state index in [2.05, 4.69) is 35.3 Å². The summed E-state index contributed by atoms with van der Waals surface area (Å²) in [5.41, 5.74) is 4.14. The topological polar surface area (TPSA) is 63.1 Å². The maximum atomic E-state index is 12.4. The summed E-state index contributed by atoms with van der Waals surface area (Å²) in [6.45, 7) is 5.85. The molecule has 0 unspecified atom stereocenters. The van der Waals surface area contributed by atoms with Gasteiger partial charge in [-0.2, -0.15) is 10.1 Å². The van der Waals surface area contributed by atoms with Crippen molar-refractivity contribution in [2.24, 2.45) is 0 Å². The van der Waals surface area contributed by atoms with Gasteiger partial charge >= 0.3 is 0 Å². The van der Waals surface area contributed by atoms with Gasteiger partial charge in [-0.05, 0) is 56.5 Å². The zero-order valence-corrected chi connectivity index (χ0v) is 19.7. The number of amides is 1. The molecule has 5 rings (SSSR count). The number of halogens is 1. The minimum Gasteiger partial charge on any atom is -0.348 e. The number of nitrogens with one attached hydrogen (secondary N) is 1. The van der Waals surface area contributed by atoms with Crippen molar-refractivity contribution in [3.8, 4) is 5.69 Å². The molecule has 1 aliphatic heterocycles. The largest absolute Gasteiger partial charge is 0.348 e. The predicted octanol–water partition coefficient (Wildman–Crippen LogP) is 5.21. The van der Waals surface area contributed by atoms with Crippen LogP contribution in [-0.2, 0) is 0 Å². The van der Waals surface area contributed by atoms with E-state index in [-0.39, 0.29) is 11.9 Å². The molecule has 0 radical (unpaired) electrons. The summed E-state index contributed by atoms with van der Waals surface area (Å²) in [4.78, 5) is 20.3. The summed E-state index contributed by atoms with van der Waals surface area (Å²) in [5.74, 6) is -0.0378. The quantitative estimate of drug-likeness (QED) is 0.443. The first-order valence-electron chi connectivity index (χ1n) is 10.2. The number of benzene rings is 1. The summed E-state index contributed by atoms with van der Waals surface area (Å²) in [7, 11) is 0. The lowest BCUT2D eigenvalue weighted by molar-refractivity contribution is 0.0935. The van der Waals surface area contributed by atoms with Crippen molar-refractivity contribution in [1.82, 2.24) is 20.1 Å². The maximum absolute atomic E-state index is 12.4. The molecule has 1 N–H and O–H groups in total. The third-order valence-electron chi connectivity index (χ3n) is 5.52. The van der Waals surface area contributed by atoms with E-state index in [9.17, 15) is 4.79 Å². The lowest BCUT2D eigenvalue weighted by Gasteiger charge is -2.32. The molecule has 1 saturated heterocycles. The van der Waals surface area contributed by atoms with Crippen LogP contribution in [-0.4, -0.2) is 39.8 Å². The average Bonchev–Trinajstić information content (AvgIpc) is 3.45. The summed E-state index contributed by atoms with van der Waals surface area (Å²) in [6.07, 6.45) is 1.79. The second-order valence-electron chi connectivity index (χ2n) is 7.82. The highest BCUT2D eigenvalue weighted by atomic mass is 35.5. The smallest absolute Gasteiger partial charge is 0.261 e. The van der Waals surface area contributed by atoms with Crippen molar-refractivity contribution in [3.05, 3.63) is 56.9 Å². The van der Waals surface area contributed by atoms with Gasteiger partial charge in [0.2, 0.25) is 0 Å². The number of thiophene rings is 1. The van der Waals surface area contributed by atoms with Crippen LogP contribution in [0.15, 0.2) is 36.4 Å². The SMILES string of the molecule is Cc1cccc(-n2nc(C)c3sc(N4CCC(NC(=O)c5ccc(Cl)s5)CC4)nc32)c1. The minimum absolute atomic E-state index is 0.0378. The summed E-state index contributed by atoms with van der Waals surface area (Å²) < 4.78 is 3.70. The molecule has 1 fully saturated rings. The molecule has 1 amide bonds.